The smallest absolute Gasteiger partial charge is 0.240 e. The maximum absolute atomic E-state index is 13.0. The lowest BCUT2D eigenvalue weighted by atomic mass is 10.0. The molecular formula is C23H23N3O2. The second-order valence-corrected chi connectivity index (χ2v) is 7.33. The minimum atomic E-state index is -1.01. The van der Waals surface area contributed by atoms with Gasteiger partial charge in [-0.1, -0.05) is 43.3 Å². The number of amides is 2. The van der Waals surface area contributed by atoms with Gasteiger partial charge in [0.1, 0.15) is 5.41 Å². The average Bonchev–Trinajstić information content (AvgIpc) is 3.52. The number of para-hydroxylation sites is 2. The Bertz CT molecular complexity index is 1070. The molecule has 5 heteroatoms. The molecular weight excluding hydrogens is 350 g/mol. The Kier molecular flexibility index (Phi) is 4.59. The van der Waals surface area contributed by atoms with Crippen LogP contribution < -0.4 is 10.6 Å². The highest BCUT2D eigenvalue weighted by Gasteiger charge is 2.56. The van der Waals surface area contributed by atoms with Crippen molar-refractivity contribution in [2.24, 2.45) is 5.41 Å². The average molecular weight is 373 g/mol. The molecule has 1 fully saturated rings. The van der Waals surface area contributed by atoms with Crippen molar-refractivity contribution in [2.45, 2.75) is 33.1 Å². The summed E-state index contributed by atoms with van der Waals surface area (Å²) in [5.74, 6) is -0.503. The molecule has 3 aromatic rings. The highest BCUT2D eigenvalue weighted by Crippen LogP contribution is 2.48. The lowest BCUT2D eigenvalue weighted by Crippen LogP contribution is -2.36. The molecule has 0 saturated heterocycles. The molecule has 2 amide bonds. The van der Waals surface area contributed by atoms with Gasteiger partial charge in [0.2, 0.25) is 11.8 Å². The molecule has 28 heavy (non-hydrogen) atoms. The first kappa shape index (κ1) is 18.2. The molecule has 1 saturated carbocycles. The molecule has 4 rings (SSSR count). The number of nitrogens with one attached hydrogen (secondary N) is 2. The van der Waals surface area contributed by atoms with Crippen LogP contribution >= 0.6 is 0 Å². The molecule has 0 aliphatic heterocycles. The summed E-state index contributed by atoms with van der Waals surface area (Å²) in [4.78, 5) is 30.4. The number of fused-ring (bicyclic) bond motifs is 1. The Morgan fingerprint density at radius 2 is 1.71 bits per heavy atom. The Morgan fingerprint density at radius 3 is 2.46 bits per heavy atom. The number of carbonyl (C=O) groups excluding carboxylic acids is 2. The van der Waals surface area contributed by atoms with Crippen molar-refractivity contribution in [3.63, 3.8) is 0 Å². The zero-order valence-electron chi connectivity index (χ0n) is 16.1. The summed E-state index contributed by atoms with van der Waals surface area (Å²) in [5.41, 5.74) is 3.24. The maximum atomic E-state index is 13.0. The molecule has 1 heterocycles. The van der Waals surface area contributed by atoms with Gasteiger partial charge < -0.3 is 10.6 Å². The monoisotopic (exact) mass is 373 g/mol. The van der Waals surface area contributed by atoms with E-state index in [1.54, 1.807) is 6.20 Å². The van der Waals surface area contributed by atoms with Crippen LogP contribution in [0.4, 0.5) is 11.4 Å². The van der Waals surface area contributed by atoms with E-state index in [-0.39, 0.29) is 11.8 Å². The van der Waals surface area contributed by atoms with Gasteiger partial charge >= 0.3 is 0 Å². The zero-order chi connectivity index (χ0) is 19.7. The molecule has 1 aliphatic rings. The highest BCUT2D eigenvalue weighted by atomic mass is 16.2. The van der Waals surface area contributed by atoms with Crippen molar-refractivity contribution >= 4 is 34.1 Å². The molecule has 1 aromatic heterocycles. The topological polar surface area (TPSA) is 71.1 Å². The molecule has 0 atom stereocenters. The van der Waals surface area contributed by atoms with Crippen LogP contribution in [0.2, 0.25) is 0 Å². The van der Waals surface area contributed by atoms with Gasteiger partial charge in [0, 0.05) is 17.3 Å². The van der Waals surface area contributed by atoms with Gasteiger partial charge in [0.05, 0.1) is 11.2 Å². The van der Waals surface area contributed by atoms with Crippen LogP contribution in [-0.2, 0) is 16.0 Å². The second-order valence-electron chi connectivity index (χ2n) is 7.33. The van der Waals surface area contributed by atoms with Crippen molar-refractivity contribution < 1.29 is 9.59 Å². The summed E-state index contributed by atoms with van der Waals surface area (Å²) >= 11 is 0. The predicted molar refractivity (Wildman–Crippen MR) is 111 cm³/mol. The van der Waals surface area contributed by atoms with E-state index in [0.717, 1.165) is 34.1 Å². The van der Waals surface area contributed by atoms with Crippen LogP contribution in [0.25, 0.3) is 10.9 Å². The summed E-state index contributed by atoms with van der Waals surface area (Å²) in [7, 11) is 0. The van der Waals surface area contributed by atoms with E-state index in [1.807, 2.05) is 55.5 Å². The fourth-order valence-electron chi connectivity index (χ4n) is 3.56. The number of hydrogen-bond donors (Lipinski definition) is 2. The van der Waals surface area contributed by atoms with E-state index in [4.69, 9.17) is 0 Å². The van der Waals surface area contributed by atoms with E-state index < -0.39 is 5.41 Å². The third-order valence-electron chi connectivity index (χ3n) is 5.48. The van der Waals surface area contributed by atoms with E-state index in [2.05, 4.69) is 22.5 Å². The molecule has 5 nitrogen and oxygen atoms in total. The van der Waals surface area contributed by atoms with Gasteiger partial charge in [-0.3, -0.25) is 14.6 Å². The number of anilines is 2. The third kappa shape index (κ3) is 3.13. The van der Waals surface area contributed by atoms with Crippen molar-refractivity contribution in [3.05, 3.63) is 65.9 Å². The Morgan fingerprint density at radius 1 is 1.00 bits per heavy atom. The molecule has 1 aliphatic carbocycles. The molecule has 0 bridgehead atoms. The molecule has 0 radical (unpaired) electrons. The summed E-state index contributed by atoms with van der Waals surface area (Å²) in [6, 6.07) is 15.4. The van der Waals surface area contributed by atoms with Gasteiger partial charge in [0.25, 0.3) is 0 Å². The number of pyridine rings is 1. The number of rotatable bonds is 5. The number of carbonyl (C=O) groups is 2. The number of benzene rings is 2. The van der Waals surface area contributed by atoms with Crippen molar-refractivity contribution in [3.8, 4) is 0 Å². The van der Waals surface area contributed by atoms with Crippen LogP contribution in [0.3, 0.4) is 0 Å². The molecule has 2 N–H and O–H groups in total. The van der Waals surface area contributed by atoms with E-state index in [0.29, 0.717) is 18.5 Å². The minimum Gasteiger partial charge on any atom is -0.325 e. The normalized spacial score (nSPS) is 14.5. The second kappa shape index (κ2) is 7.08. The molecule has 0 spiro atoms. The summed E-state index contributed by atoms with van der Waals surface area (Å²) in [5, 5.41) is 6.90. The first-order valence-corrected chi connectivity index (χ1v) is 9.60. The molecule has 2 aromatic carbocycles. The minimum absolute atomic E-state index is 0.234. The summed E-state index contributed by atoms with van der Waals surface area (Å²) < 4.78 is 0. The Labute approximate surface area is 164 Å². The number of nitrogens with zero attached hydrogens (tertiary/aromatic N) is 1. The van der Waals surface area contributed by atoms with Crippen LogP contribution in [0.15, 0.2) is 54.7 Å². The fourth-order valence-corrected chi connectivity index (χ4v) is 3.56. The van der Waals surface area contributed by atoms with Crippen LogP contribution in [0.5, 0.6) is 0 Å². The lowest BCUT2D eigenvalue weighted by Gasteiger charge is -2.18. The maximum Gasteiger partial charge on any atom is 0.240 e. The number of aryl methyl sites for hydroxylation is 2. The van der Waals surface area contributed by atoms with Crippen molar-refractivity contribution in [2.75, 3.05) is 10.6 Å². The zero-order valence-corrected chi connectivity index (χ0v) is 16.1. The van der Waals surface area contributed by atoms with Crippen molar-refractivity contribution in [1.82, 2.24) is 4.98 Å². The first-order valence-electron chi connectivity index (χ1n) is 9.60. The molecule has 0 unspecified atom stereocenters. The Balaban J connectivity index is 1.57. The van der Waals surface area contributed by atoms with Crippen LogP contribution in [0, 0.1) is 12.3 Å². The van der Waals surface area contributed by atoms with Gasteiger partial charge in [0.15, 0.2) is 0 Å². The SMILES string of the molecule is CCc1cccc(C)c1NC(=O)C1(C(=O)Nc2cccc3cccnc23)CC1. The highest BCUT2D eigenvalue weighted by molar-refractivity contribution is 6.18. The lowest BCUT2D eigenvalue weighted by molar-refractivity contribution is -0.131. The van der Waals surface area contributed by atoms with Gasteiger partial charge in [-0.2, -0.15) is 0 Å². The number of aromatic nitrogens is 1. The standard InChI is InChI=1S/C23H23N3O2/c1-3-16-8-4-7-15(2)19(16)26-22(28)23(12-13-23)21(27)25-18-11-5-9-17-10-6-14-24-20(17)18/h4-11,14H,3,12-13H2,1-2H3,(H,25,27)(H,26,28). The largest absolute Gasteiger partial charge is 0.325 e. The fraction of sp³-hybridized carbons (Fsp3) is 0.261. The van der Waals surface area contributed by atoms with E-state index in [9.17, 15) is 9.59 Å². The Hall–Kier alpha value is -3.21. The van der Waals surface area contributed by atoms with Crippen molar-refractivity contribution in [1.29, 1.82) is 0 Å². The predicted octanol–water partition coefficient (Wildman–Crippen LogP) is 4.46. The van der Waals surface area contributed by atoms with E-state index in [1.165, 1.54) is 0 Å². The van der Waals surface area contributed by atoms with Gasteiger partial charge in [-0.05, 0) is 49.4 Å². The van der Waals surface area contributed by atoms with Crippen LogP contribution in [0.1, 0.15) is 30.9 Å². The first-order chi connectivity index (χ1) is 13.5. The van der Waals surface area contributed by atoms with Crippen LogP contribution in [-0.4, -0.2) is 16.8 Å². The summed E-state index contributed by atoms with van der Waals surface area (Å²) in [6.45, 7) is 4.02. The van der Waals surface area contributed by atoms with Gasteiger partial charge in [-0.15, -0.1) is 0 Å². The van der Waals surface area contributed by atoms with E-state index >= 15 is 0 Å². The quantitative estimate of drug-likeness (QED) is 0.649. The third-order valence-corrected chi connectivity index (χ3v) is 5.48. The summed E-state index contributed by atoms with van der Waals surface area (Å²) in [6.07, 6.45) is 3.62. The number of hydrogen-bond acceptors (Lipinski definition) is 3. The van der Waals surface area contributed by atoms with Gasteiger partial charge in [-0.25, -0.2) is 0 Å². The molecule has 142 valence electrons.